The number of nitriles is 1. The zero-order chi connectivity index (χ0) is 13.1. The van der Waals surface area contributed by atoms with Crippen molar-refractivity contribution in [3.8, 4) is 6.07 Å². The lowest BCUT2D eigenvalue weighted by atomic mass is 10.0. The summed E-state index contributed by atoms with van der Waals surface area (Å²) in [6, 6.07) is 3.52. The van der Waals surface area contributed by atoms with Crippen LogP contribution in [-0.4, -0.2) is 5.78 Å². The van der Waals surface area contributed by atoms with Crippen LogP contribution in [0.15, 0.2) is 18.2 Å². The van der Waals surface area contributed by atoms with Gasteiger partial charge in [0.2, 0.25) is 0 Å². The summed E-state index contributed by atoms with van der Waals surface area (Å²) in [4.78, 5) is 11.4. The molecule has 0 radical (unpaired) electrons. The Morgan fingerprint density at radius 1 is 1.35 bits per heavy atom. The molecule has 0 bridgehead atoms. The standard InChI is InChI=1S/C11H7F4NO/c12-7-3-4-8(10(17)2-1-5-16)9(6-7)11(13,14)15/h3-4,6H,1-2H2. The Hall–Kier alpha value is -1.90. The first-order valence-electron chi connectivity index (χ1n) is 4.63. The van der Waals surface area contributed by atoms with Crippen LogP contribution >= 0.6 is 0 Å². The van der Waals surface area contributed by atoms with Crippen LogP contribution in [0.25, 0.3) is 0 Å². The largest absolute Gasteiger partial charge is 0.417 e. The lowest BCUT2D eigenvalue weighted by Gasteiger charge is -2.11. The van der Waals surface area contributed by atoms with Gasteiger partial charge >= 0.3 is 6.18 Å². The third-order valence-electron chi connectivity index (χ3n) is 2.05. The summed E-state index contributed by atoms with van der Waals surface area (Å²) in [5, 5.41) is 8.25. The Balaban J connectivity index is 3.16. The third kappa shape index (κ3) is 3.28. The van der Waals surface area contributed by atoms with E-state index < -0.39 is 28.9 Å². The van der Waals surface area contributed by atoms with E-state index in [1.54, 1.807) is 6.07 Å². The Kier molecular flexibility index (Phi) is 3.84. The Labute approximate surface area is 94.5 Å². The second kappa shape index (κ2) is 4.95. The minimum atomic E-state index is -4.79. The second-order valence-corrected chi connectivity index (χ2v) is 3.27. The molecule has 0 atom stereocenters. The fraction of sp³-hybridized carbons (Fsp3) is 0.273. The number of ketones is 1. The van der Waals surface area contributed by atoms with Crippen molar-refractivity contribution >= 4 is 5.78 Å². The molecule has 0 aliphatic heterocycles. The minimum Gasteiger partial charge on any atom is -0.294 e. The summed E-state index contributed by atoms with van der Waals surface area (Å²) in [6.07, 6.45) is -5.28. The highest BCUT2D eigenvalue weighted by Crippen LogP contribution is 2.33. The van der Waals surface area contributed by atoms with Gasteiger partial charge in [0, 0.05) is 18.4 Å². The molecule has 0 N–H and O–H groups in total. The average molecular weight is 245 g/mol. The summed E-state index contributed by atoms with van der Waals surface area (Å²) >= 11 is 0. The lowest BCUT2D eigenvalue weighted by molar-refractivity contribution is -0.138. The van der Waals surface area contributed by atoms with Gasteiger partial charge in [-0.25, -0.2) is 4.39 Å². The van der Waals surface area contributed by atoms with E-state index in [-0.39, 0.29) is 18.9 Å². The van der Waals surface area contributed by atoms with Gasteiger partial charge in [0.1, 0.15) is 5.82 Å². The van der Waals surface area contributed by atoms with Crippen molar-refractivity contribution in [3.63, 3.8) is 0 Å². The van der Waals surface area contributed by atoms with Gasteiger partial charge in [0.15, 0.2) is 5.78 Å². The number of hydrogen-bond donors (Lipinski definition) is 0. The summed E-state index contributed by atoms with van der Waals surface area (Å²) in [5.74, 6) is -1.88. The Morgan fingerprint density at radius 2 is 2.00 bits per heavy atom. The van der Waals surface area contributed by atoms with Crippen molar-refractivity contribution in [1.29, 1.82) is 5.26 Å². The number of nitrogens with zero attached hydrogens (tertiary/aromatic N) is 1. The number of alkyl halides is 3. The maximum absolute atomic E-state index is 12.7. The van der Waals surface area contributed by atoms with Crippen LogP contribution in [0, 0.1) is 17.1 Å². The van der Waals surface area contributed by atoms with Gasteiger partial charge in [0.25, 0.3) is 0 Å². The van der Waals surface area contributed by atoms with E-state index in [1.807, 2.05) is 0 Å². The zero-order valence-corrected chi connectivity index (χ0v) is 8.51. The van der Waals surface area contributed by atoms with Crippen LogP contribution in [0.2, 0.25) is 0 Å². The maximum Gasteiger partial charge on any atom is 0.417 e. The zero-order valence-electron chi connectivity index (χ0n) is 8.51. The number of hydrogen-bond acceptors (Lipinski definition) is 2. The van der Waals surface area contributed by atoms with E-state index in [1.165, 1.54) is 0 Å². The number of benzene rings is 1. The fourth-order valence-corrected chi connectivity index (χ4v) is 1.30. The molecule has 0 unspecified atom stereocenters. The Morgan fingerprint density at radius 3 is 2.53 bits per heavy atom. The highest BCUT2D eigenvalue weighted by Gasteiger charge is 2.35. The smallest absolute Gasteiger partial charge is 0.294 e. The van der Waals surface area contributed by atoms with Crippen molar-refractivity contribution in [2.24, 2.45) is 0 Å². The molecule has 1 aromatic rings. The van der Waals surface area contributed by atoms with E-state index in [0.29, 0.717) is 0 Å². The molecular formula is C11H7F4NO. The van der Waals surface area contributed by atoms with Crippen molar-refractivity contribution in [1.82, 2.24) is 0 Å². The third-order valence-corrected chi connectivity index (χ3v) is 2.05. The van der Waals surface area contributed by atoms with Gasteiger partial charge in [-0.05, 0) is 18.2 Å². The highest BCUT2D eigenvalue weighted by atomic mass is 19.4. The van der Waals surface area contributed by atoms with Crippen molar-refractivity contribution in [3.05, 3.63) is 35.1 Å². The predicted molar refractivity (Wildman–Crippen MR) is 50.6 cm³/mol. The molecular weight excluding hydrogens is 238 g/mol. The predicted octanol–water partition coefficient (Wildman–Crippen LogP) is 3.33. The molecule has 0 heterocycles. The molecule has 0 saturated carbocycles. The molecule has 6 heteroatoms. The first kappa shape index (κ1) is 13.2. The molecule has 2 nitrogen and oxygen atoms in total. The molecule has 1 rings (SSSR count). The summed E-state index contributed by atoms with van der Waals surface area (Å²) in [7, 11) is 0. The summed E-state index contributed by atoms with van der Waals surface area (Å²) in [5.41, 5.74) is -1.91. The van der Waals surface area contributed by atoms with E-state index in [4.69, 9.17) is 5.26 Å². The van der Waals surface area contributed by atoms with Gasteiger partial charge in [-0.2, -0.15) is 18.4 Å². The lowest BCUT2D eigenvalue weighted by Crippen LogP contribution is -2.13. The van der Waals surface area contributed by atoms with Crippen LogP contribution in [0.3, 0.4) is 0 Å². The van der Waals surface area contributed by atoms with E-state index >= 15 is 0 Å². The van der Waals surface area contributed by atoms with Gasteiger partial charge in [-0.1, -0.05) is 0 Å². The Bertz CT molecular complexity index is 473. The van der Waals surface area contributed by atoms with Crippen molar-refractivity contribution < 1.29 is 22.4 Å². The molecule has 1 aromatic carbocycles. The van der Waals surface area contributed by atoms with Crippen LogP contribution in [0.5, 0.6) is 0 Å². The van der Waals surface area contributed by atoms with Crippen molar-refractivity contribution in [2.45, 2.75) is 19.0 Å². The van der Waals surface area contributed by atoms with Crippen LogP contribution in [-0.2, 0) is 6.18 Å². The monoisotopic (exact) mass is 245 g/mol. The van der Waals surface area contributed by atoms with Gasteiger partial charge in [-0.15, -0.1) is 0 Å². The quantitative estimate of drug-likeness (QED) is 0.605. The molecule has 17 heavy (non-hydrogen) atoms. The van der Waals surface area contributed by atoms with Crippen molar-refractivity contribution in [2.75, 3.05) is 0 Å². The number of rotatable bonds is 3. The highest BCUT2D eigenvalue weighted by molar-refractivity contribution is 5.97. The van der Waals surface area contributed by atoms with Crippen LogP contribution < -0.4 is 0 Å². The van der Waals surface area contributed by atoms with Gasteiger partial charge in [-0.3, -0.25) is 4.79 Å². The van der Waals surface area contributed by atoms with Gasteiger partial charge in [0.05, 0.1) is 11.6 Å². The SMILES string of the molecule is N#CCCC(=O)c1ccc(F)cc1C(F)(F)F. The molecule has 0 saturated heterocycles. The molecule has 0 aliphatic rings. The maximum atomic E-state index is 12.7. The van der Waals surface area contributed by atoms with E-state index in [2.05, 4.69) is 0 Å². The average Bonchev–Trinajstić information content (AvgIpc) is 2.24. The minimum absolute atomic E-state index is 0.173. The van der Waals surface area contributed by atoms with Gasteiger partial charge < -0.3 is 0 Å². The normalized spacial score (nSPS) is 11.0. The molecule has 0 aliphatic carbocycles. The van der Waals surface area contributed by atoms with Crippen LogP contribution in [0.4, 0.5) is 17.6 Å². The summed E-state index contributed by atoms with van der Waals surface area (Å²) < 4.78 is 50.3. The second-order valence-electron chi connectivity index (χ2n) is 3.27. The summed E-state index contributed by atoms with van der Waals surface area (Å²) in [6.45, 7) is 0. The number of carbonyl (C=O) groups is 1. The fourth-order valence-electron chi connectivity index (χ4n) is 1.30. The molecule has 90 valence electrons. The van der Waals surface area contributed by atoms with E-state index in [0.717, 1.165) is 12.1 Å². The molecule has 0 spiro atoms. The topological polar surface area (TPSA) is 40.9 Å². The van der Waals surface area contributed by atoms with Crippen LogP contribution in [0.1, 0.15) is 28.8 Å². The first-order chi connectivity index (χ1) is 7.86. The molecule has 0 aromatic heterocycles. The number of carbonyl (C=O) groups excluding carboxylic acids is 1. The molecule has 0 amide bonds. The number of halogens is 4. The van der Waals surface area contributed by atoms with E-state index in [9.17, 15) is 22.4 Å². The number of Topliss-reactive ketones (excluding diaryl/α,β-unsaturated/α-hetero) is 1. The first-order valence-corrected chi connectivity index (χ1v) is 4.63. The molecule has 0 fully saturated rings.